The molecule has 2 unspecified atom stereocenters. The molecule has 2 atom stereocenters. The molecule has 0 heterocycles. The van der Waals surface area contributed by atoms with Gasteiger partial charge in [-0.15, -0.1) is 0 Å². The molecule has 0 saturated heterocycles. The third-order valence-electron chi connectivity index (χ3n) is 3.85. The summed E-state index contributed by atoms with van der Waals surface area (Å²) in [5, 5.41) is 10.7. The quantitative estimate of drug-likeness (QED) is 0.627. The predicted molar refractivity (Wildman–Crippen MR) is 73.2 cm³/mol. The van der Waals surface area contributed by atoms with Gasteiger partial charge < -0.3 is 4.74 Å². The average Bonchev–Trinajstić information content (AvgIpc) is 2.39. The number of ketones is 1. The number of non-ortho nitro benzene ring substituents is 1. The van der Waals surface area contributed by atoms with Crippen LogP contribution < -0.4 is 4.74 Å². The van der Waals surface area contributed by atoms with Gasteiger partial charge >= 0.3 is 0 Å². The predicted octanol–water partition coefficient (Wildman–Crippen LogP) is 3.49. The van der Waals surface area contributed by atoms with Crippen LogP contribution >= 0.6 is 15.9 Å². The number of Topliss-reactive ketones (excluding diaryl/α,β-unsaturated/α-hetero) is 1. The third-order valence-corrected chi connectivity index (χ3v) is 4.50. The number of benzene rings is 1. The van der Waals surface area contributed by atoms with E-state index in [2.05, 4.69) is 15.9 Å². The van der Waals surface area contributed by atoms with Gasteiger partial charge in [-0.2, -0.15) is 0 Å². The molecule has 0 aliphatic heterocycles. The fourth-order valence-corrected chi connectivity index (χ4v) is 2.46. The molecule has 0 radical (unpaired) electrons. The highest BCUT2D eigenvalue weighted by Crippen LogP contribution is 2.44. The maximum absolute atomic E-state index is 11.6. The summed E-state index contributed by atoms with van der Waals surface area (Å²) in [7, 11) is 0. The minimum absolute atomic E-state index is 0.0259. The number of hydrogen-bond acceptors (Lipinski definition) is 4. The number of ether oxygens (including phenoxy) is 1. The topological polar surface area (TPSA) is 69.4 Å². The second kappa shape index (κ2) is 4.92. The normalized spacial score (nSPS) is 25.8. The molecule has 6 heteroatoms. The van der Waals surface area contributed by atoms with Crippen molar-refractivity contribution < 1.29 is 14.5 Å². The Bertz CT molecular complexity index is 545. The van der Waals surface area contributed by atoms with E-state index in [1.165, 1.54) is 12.1 Å². The average molecular weight is 328 g/mol. The standard InChI is InChI=1S/C13H14BrNO4/c1-3-13(2)11(16)7-12(13)19-10-6-8(15(17)18)4-5-9(10)14/h4-6,12H,3,7H2,1-2H3. The molecule has 102 valence electrons. The molecule has 0 N–H and O–H groups in total. The van der Waals surface area contributed by atoms with Gasteiger partial charge in [-0.1, -0.05) is 6.92 Å². The number of nitro groups is 1. The minimum Gasteiger partial charge on any atom is -0.487 e. The van der Waals surface area contributed by atoms with Gasteiger partial charge in [-0.05, 0) is 35.3 Å². The fraction of sp³-hybridized carbons (Fsp3) is 0.462. The van der Waals surface area contributed by atoms with Gasteiger partial charge in [-0.25, -0.2) is 0 Å². The summed E-state index contributed by atoms with van der Waals surface area (Å²) in [6.45, 7) is 3.81. The van der Waals surface area contributed by atoms with Gasteiger partial charge in [0.25, 0.3) is 5.69 Å². The second-order valence-electron chi connectivity index (χ2n) is 4.88. The van der Waals surface area contributed by atoms with Crippen molar-refractivity contribution in [2.75, 3.05) is 0 Å². The zero-order chi connectivity index (χ0) is 14.2. The lowest BCUT2D eigenvalue weighted by Gasteiger charge is -2.44. The second-order valence-corrected chi connectivity index (χ2v) is 5.73. The van der Waals surface area contributed by atoms with E-state index < -0.39 is 10.3 Å². The molecule has 0 spiro atoms. The van der Waals surface area contributed by atoms with E-state index in [0.29, 0.717) is 23.1 Å². The van der Waals surface area contributed by atoms with Gasteiger partial charge in [0, 0.05) is 12.5 Å². The smallest absolute Gasteiger partial charge is 0.273 e. The summed E-state index contributed by atoms with van der Waals surface area (Å²) >= 11 is 3.30. The van der Waals surface area contributed by atoms with Gasteiger partial charge in [0.05, 0.1) is 20.9 Å². The van der Waals surface area contributed by atoms with Crippen molar-refractivity contribution in [3.63, 3.8) is 0 Å². The molecule has 5 nitrogen and oxygen atoms in total. The molecule has 19 heavy (non-hydrogen) atoms. The van der Waals surface area contributed by atoms with Crippen LogP contribution in [0.4, 0.5) is 5.69 Å². The Morgan fingerprint density at radius 2 is 2.26 bits per heavy atom. The first kappa shape index (κ1) is 14.0. The first-order chi connectivity index (χ1) is 8.88. The molecule has 0 aromatic heterocycles. The molecular weight excluding hydrogens is 314 g/mol. The van der Waals surface area contributed by atoms with Crippen molar-refractivity contribution in [3.05, 3.63) is 32.8 Å². The van der Waals surface area contributed by atoms with Gasteiger partial charge in [0.1, 0.15) is 17.6 Å². The molecule has 1 aliphatic rings. The molecular formula is C13H14BrNO4. The fourth-order valence-electron chi connectivity index (χ4n) is 2.12. The summed E-state index contributed by atoms with van der Waals surface area (Å²) in [6.07, 6.45) is 0.839. The molecule has 1 fully saturated rings. The number of nitrogens with zero attached hydrogens (tertiary/aromatic N) is 1. The van der Waals surface area contributed by atoms with Crippen LogP contribution in [0, 0.1) is 15.5 Å². The zero-order valence-electron chi connectivity index (χ0n) is 10.7. The lowest BCUT2D eigenvalue weighted by Crippen LogP contribution is -2.54. The highest BCUT2D eigenvalue weighted by atomic mass is 79.9. The van der Waals surface area contributed by atoms with Crippen LogP contribution in [0.15, 0.2) is 22.7 Å². The summed E-state index contributed by atoms with van der Waals surface area (Å²) in [6, 6.07) is 4.36. The molecule has 0 bridgehead atoms. The first-order valence-electron chi connectivity index (χ1n) is 6.02. The molecule has 1 aromatic carbocycles. The Morgan fingerprint density at radius 1 is 1.58 bits per heavy atom. The summed E-state index contributed by atoms with van der Waals surface area (Å²) in [4.78, 5) is 21.9. The number of rotatable bonds is 4. The Balaban J connectivity index is 2.22. The van der Waals surface area contributed by atoms with Crippen molar-refractivity contribution in [2.45, 2.75) is 32.8 Å². The minimum atomic E-state index is -0.482. The van der Waals surface area contributed by atoms with Gasteiger partial charge in [0.15, 0.2) is 0 Å². The van der Waals surface area contributed by atoms with Gasteiger partial charge in [0.2, 0.25) is 0 Å². The van der Waals surface area contributed by atoms with Crippen LogP contribution in [0.1, 0.15) is 26.7 Å². The maximum atomic E-state index is 11.6. The molecule has 0 amide bonds. The molecule has 1 aliphatic carbocycles. The van der Waals surface area contributed by atoms with Gasteiger partial charge in [-0.3, -0.25) is 14.9 Å². The molecule has 1 aromatic rings. The molecule has 2 rings (SSSR count). The SMILES string of the molecule is CCC1(C)C(=O)CC1Oc1cc([N+](=O)[O-])ccc1Br. The lowest BCUT2D eigenvalue weighted by molar-refractivity contribution is -0.385. The van der Waals surface area contributed by atoms with Crippen LogP contribution in [-0.2, 0) is 4.79 Å². The molecule has 1 saturated carbocycles. The van der Waals surface area contributed by atoms with E-state index in [4.69, 9.17) is 4.74 Å². The van der Waals surface area contributed by atoms with Crippen molar-refractivity contribution >= 4 is 27.4 Å². The van der Waals surface area contributed by atoms with Crippen LogP contribution in [0.25, 0.3) is 0 Å². The number of nitro benzene ring substituents is 1. The summed E-state index contributed by atoms with van der Waals surface area (Å²) in [5.74, 6) is 0.591. The van der Waals surface area contributed by atoms with E-state index in [0.717, 1.165) is 0 Å². The Hall–Kier alpha value is -1.43. The van der Waals surface area contributed by atoms with E-state index in [1.807, 2.05) is 13.8 Å². The van der Waals surface area contributed by atoms with E-state index in [1.54, 1.807) is 6.07 Å². The Morgan fingerprint density at radius 3 is 2.79 bits per heavy atom. The zero-order valence-corrected chi connectivity index (χ0v) is 12.3. The van der Waals surface area contributed by atoms with Crippen LogP contribution in [0.5, 0.6) is 5.75 Å². The number of halogens is 1. The van der Waals surface area contributed by atoms with Crippen molar-refractivity contribution in [1.29, 1.82) is 0 Å². The van der Waals surface area contributed by atoms with Crippen LogP contribution in [-0.4, -0.2) is 16.8 Å². The Kier molecular flexibility index (Phi) is 3.62. The van der Waals surface area contributed by atoms with E-state index >= 15 is 0 Å². The lowest BCUT2D eigenvalue weighted by atomic mass is 9.64. The third kappa shape index (κ3) is 2.36. The van der Waals surface area contributed by atoms with Crippen molar-refractivity contribution in [1.82, 2.24) is 0 Å². The van der Waals surface area contributed by atoms with Crippen LogP contribution in [0.3, 0.4) is 0 Å². The van der Waals surface area contributed by atoms with E-state index in [-0.39, 0.29) is 17.6 Å². The summed E-state index contributed by atoms with van der Waals surface area (Å²) in [5.41, 5.74) is -0.508. The highest BCUT2D eigenvalue weighted by molar-refractivity contribution is 9.10. The summed E-state index contributed by atoms with van der Waals surface area (Å²) < 4.78 is 6.43. The number of hydrogen-bond donors (Lipinski definition) is 0. The highest BCUT2D eigenvalue weighted by Gasteiger charge is 2.51. The largest absolute Gasteiger partial charge is 0.487 e. The monoisotopic (exact) mass is 327 g/mol. The number of carbonyl (C=O) groups is 1. The first-order valence-corrected chi connectivity index (χ1v) is 6.81. The van der Waals surface area contributed by atoms with Crippen LogP contribution in [0.2, 0.25) is 0 Å². The van der Waals surface area contributed by atoms with E-state index in [9.17, 15) is 14.9 Å². The number of carbonyl (C=O) groups excluding carboxylic acids is 1. The Labute approximate surface area is 119 Å². The van der Waals surface area contributed by atoms with Crippen molar-refractivity contribution in [3.8, 4) is 5.75 Å². The van der Waals surface area contributed by atoms with Crippen molar-refractivity contribution in [2.24, 2.45) is 5.41 Å². The maximum Gasteiger partial charge on any atom is 0.273 e.